The number of nitrogens with zero attached hydrogens (tertiary/aromatic N) is 3. The third-order valence-corrected chi connectivity index (χ3v) is 5.01. The van der Waals surface area contributed by atoms with Crippen molar-refractivity contribution in [3.8, 4) is 29.4 Å². The highest BCUT2D eigenvalue weighted by Gasteiger charge is 2.22. The summed E-state index contributed by atoms with van der Waals surface area (Å²) in [7, 11) is 1.86. The quantitative estimate of drug-likeness (QED) is 0.393. The van der Waals surface area contributed by atoms with E-state index < -0.39 is 5.69 Å². The molecule has 0 radical (unpaired) electrons. The second-order valence-corrected chi connectivity index (χ2v) is 7.25. The molecule has 1 aliphatic heterocycles. The lowest BCUT2D eigenvalue weighted by atomic mass is 10.1. The van der Waals surface area contributed by atoms with Gasteiger partial charge in [0, 0.05) is 29.4 Å². The van der Waals surface area contributed by atoms with E-state index >= 15 is 0 Å². The van der Waals surface area contributed by atoms with Crippen molar-refractivity contribution in [2.45, 2.75) is 6.10 Å². The maximum Gasteiger partial charge on any atom is 0.355 e. The highest BCUT2D eigenvalue weighted by Crippen LogP contribution is 2.28. The number of fused-ring (bicyclic) bond motifs is 4. The summed E-state index contributed by atoms with van der Waals surface area (Å²) in [6.07, 6.45) is 3.02. The van der Waals surface area contributed by atoms with Gasteiger partial charge in [-0.25, -0.2) is 9.78 Å². The Morgan fingerprint density at radius 1 is 1.28 bits per heavy atom. The molecule has 32 heavy (non-hydrogen) atoms. The van der Waals surface area contributed by atoms with Crippen LogP contribution in [0.15, 0.2) is 59.7 Å². The van der Waals surface area contributed by atoms with Crippen LogP contribution < -0.4 is 25.2 Å². The fraction of sp³-hybridized carbons (Fsp3) is 0.208. The van der Waals surface area contributed by atoms with Gasteiger partial charge in [0.25, 0.3) is 5.88 Å². The van der Waals surface area contributed by atoms with Gasteiger partial charge in [0.2, 0.25) is 5.88 Å². The Morgan fingerprint density at radius 2 is 2.22 bits per heavy atom. The first-order valence-electron chi connectivity index (χ1n) is 10.2. The summed E-state index contributed by atoms with van der Waals surface area (Å²) < 4.78 is 18.8. The lowest BCUT2D eigenvalue weighted by Gasteiger charge is -2.25. The number of nitrogens with one attached hydrogen (secondary N) is 1. The second-order valence-electron chi connectivity index (χ2n) is 7.25. The Bertz CT molecular complexity index is 1420. The van der Waals surface area contributed by atoms with Crippen LogP contribution in [0, 0.1) is 11.8 Å². The maximum atomic E-state index is 12.6. The molecule has 1 aromatic carbocycles. The van der Waals surface area contributed by atoms with Gasteiger partial charge in [-0.3, -0.25) is 4.40 Å². The summed E-state index contributed by atoms with van der Waals surface area (Å²) in [6.45, 7) is 1.11. The minimum atomic E-state index is -0.410. The zero-order valence-corrected chi connectivity index (χ0v) is 17.4. The van der Waals surface area contributed by atoms with Crippen molar-refractivity contribution in [1.82, 2.24) is 19.7 Å². The number of pyridine rings is 2. The Hall–Kier alpha value is -4.09. The summed E-state index contributed by atoms with van der Waals surface area (Å²) in [5, 5.41) is 4.89. The molecule has 0 saturated heterocycles. The van der Waals surface area contributed by atoms with Gasteiger partial charge >= 0.3 is 5.69 Å². The third-order valence-electron chi connectivity index (χ3n) is 5.01. The zero-order chi connectivity index (χ0) is 21.9. The number of hydrogen-bond acceptors (Lipinski definition) is 7. The molecule has 0 amide bonds. The molecule has 0 bridgehead atoms. The second kappa shape index (κ2) is 8.57. The van der Waals surface area contributed by atoms with Crippen molar-refractivity contribution in [3.63, 3.8) is 0 Å². The molecule has 5 rings (SSSR count). The number of aromatic nitrogens is 3. The first-order chi connectivity index (χ1) is 15.7. The van der Waals surface area contributed by atoms with Crippen molar-refractivity contribution in [1.29, 1.82) is 0 Å². The smallest absolute Gasteiger partial charge is 0.355 e. The van der Waals surface area contributed by atoms with Gasteiger partial charge in [0.15, 0.2) is 11.9 Å². The lowest BCUT2D eigenvalue weighted by Crippen LogP contribution is -2.35. The molecule has 1 unspecified atom stereocenters. The SMILES string of the molecule is CNCC#Cc1ccc2c(ccn3c(=O)nc(OCC4COc5ncccc5O4)cc23)c1. The van der Waals surface area contributed by atoms with Crippen LogP contribution in [0.25, 0.3) is 16.3 Å². The highest BCUT2D eigenvalue weighted by atomic mass is 16.6. The normalized spacial score (nSPS) is 14.7. The van der Waals surface area contributed by atoms with Gasteiger partial charge in [-0.2, -0.15) is 4.98 Å². The predicted octanol–water partition coefficient (Wildman–Crippen LogP) is 2.03. The van der Waals surface area contributed by atoms with E-state index in [-0.39, 0.29) is 18.6 Å². The molecule has 1 N–H and O–H groups in total. The molecule has 0 aliphatic carbocycles. The molecule has 4 aromatic rings. The molecule has 1 aliphatic rings. The molecule has 160 valence electrons. The average Bonchev–Trinajstić information content (AvgIpc) is 2.82. The monoisotopic (exact) mass is 428 g/mol. The zero-order valence-electron chi connectivity index (χ0n) is 17.4. The van der Waals surface area contributed by atoms with E-state index in [0.29, 0.717) is 30.3 Å². The lowest BCUT2D eigenvalue weighted by molar-refractivity contribution is 0.0487. The Morgan fingerprint density at radius 3 is 3.12 bits per heavy atom. The van der Waals surface area contributed by atoms with Gasteiger partial charge in [-0.15, -0.1) is 0 Å². The van der Waals surface area contributed by atoms with Crippen LogP contribution in [0.1, 0.15) is 5.56 Å². The maximum absolute atomic E-state index is 12.6. The van der Waals surface area contributed by atoms with Crippen LogP contribution in [0.4, 0.5) is 0 Å². The molecule has 0 spiro atoms. The van der Waals surface area contributed by atoms with Crippen LogP contribution in [0.3, 0.4) is 0 Å². The Kier molecular flexibility index (Phi) is 5.32. The van der Waals surface area contributed by atoms with Crippen molar-refractivity contribution in [2.24, 2.45) is 0 Å². The number of hydrogen-bond donors (Lipinski definition) is 1. The van der Waals surface area contributed by atoms with Crippen LogP contribution >= 0.6 is 0 Å². The van der Waals surface area contributed by atoms with Crippen molar-refractivity contribution in [2.75, 3.05) is 26.8 Å². The van der Waals surface area contributed by atoms with Crippen LogP contribution in [0.2, 0.25) is 0 Å². The van der Waals surface area contributed by atoms with E-state index in [1.807, 2.05) is 31.3 Å². The van der Waals surface area contributed by atoms with Crippen LogP contribution in [-0.2, 0) is 0 Å². The molecule has 0 fully saturated rings. The number of benzene rings is 1. The first kappa shape index (κ1) is 19.8. The van der Waals surface area contributed by atoms with Crippen molar-refractivity contribution >= 4 is 16.3 Å². The van der Waals surface area contributed by atoms with E-state index in [1.165, 1.54) is 4.40 Å². The summed E-state index contributed by atoms with van der Waals surface area (Å²) in [5.41, 5.74) is 1.21. The van der Waals surface area contributed by atoms with E-state index in [0.717, 1.165) is 16.3 Å². The molecule has 8 nitrogen and oxygen atoms in total. The minimum Gasteiger partial charge on any atom is -0.478 e. The summed E-state index contributed by atoms with van der Waals surface area (Å²) in [4.78, 5) is 20.7. The van der Waals surface area contributed by atoms with Crippen molar-refractivity contribution < 1.29 is 14.2 Å². The van der Waals surface area contributed by atoms with E-state index in [2.05, 4.69) is 27.1 Å². The van der Waals surface area contributed by atoms with E-state index in [1.54, 1.807) is 30.6 Å². The van der Waals surface area contributed by atoms with E-state index in [4.69, 9.17) is 14.2 Å². The number of rotatable bonds is 4. The predicted molar refractivity (Wildman–Crippen MR) is 119 cm³/mol. The number of ether oxygens (including phenoxy) is 3. The fourth-order valence-corrected chi connectivity index (χ4v) is 3.52. The summed E-state index contributed by atoms with van der Waals surface area (Å²) in [6, 6.07) is 13.1. The van der Waals surface area contributed by atoms with Crippen LogP contribution in [-0.4, -0.2) is 47.3 Å². The van der Waals surface area contributed by atoms with Gasteiger partial charge in [0.05, 0.1) is 12.1 Å². The molecule has 0 saturated carbocycles. The Labute approximate surface area is 183 Å². The Balaban J connectivity index is 1.41. The topological polar surface area (TPSA) is 87.0 Å². The fourth-order valence-electron chi connectivity index (χ4n) is 3.52. The molecule has 1 atom stereocenters. The van der Waals surface area contributed by atoms with Gasteiger partial charge in [-0.05, 0) is 42.8 Å². The molecular weight excluding hydrogens is 408 g/mol. The van der Waals surface area contributed by atoms with Crippen LogP contribution in [0.5, 0.6) is 17.5 Å². The van der Waals surface area contributed by atoms with E-state index in [9.17, 15) is 4.79 Å². The molecule has 8 heteroatoms. The third kappa shape index (κ3) is 3.94. The molecular formula is C24H20N4O4. The first-order valence-corrected chi connectivity index (χ1v) is 10.2. The van der Waals surface area contributed by atoms with Gasteiger partial charge < -0.3 is 19.5 Å². The van der Waals surface area contributed by atoms with Gasteiger partial charge in [-0.1, -0.05) is 17.9 Å². The molecule has 4 heterocycles. The van der Waals surface area contributed by atoms with Gasteiger partial charge in [0.1, 0.15) is 13.2 Å². The highest BCUT2D eigenvalue weighted by molar-refractivity contribution is 5.96. The average molecular weight is 428 g/mol. The van der Waals surface area contributed by atoms with Crippen molar-refractivity contribution in [3.05, 3.63) is 70.9 Å². The summed E-state index contributed by atoms with van der Waals surface area (Å²) >= 11 is 0. The largest absolute Gasteiger partial charge is 0.478 e. The molecule has 3 aromatic heterocycles. The minimum absolute atomic E-state index is 0.187. The standard InChI is InChI=1S/C24H20N4O4/c1-25-9-2-4-16-6-7-19-17(12-16)8-11-28-20(19)13-22(27-24(28)29)30-14-18-15-31-23-21(32-18)5-3-10-26-23/h3,5-8,10-13,18,25H,9,14-15H2,1H3. The summed E-state index contributed by atoms with van der Waals surface area (Å²) in [5.74, 6) is 7.45.